The Balaban J connectivity index is 2.00. The Morgan fingerprint density at radius 2 is 2.40 bits per heavy atom. The van der Waals surface area contributed by atoms with Crippen molar-refractivity contribution >= 4 is 0 Å². The highest BCUT2D eigenvalue weighted by Crippen LogP contribution is 2.21. The molecule has 2 heterocycles. The molecule has 5 heteroatoms. The van der Waals surface area contributed by atoms with E-state index >= 15 is 0 Å². The van der Waals surface area contributed by atoms with Gasteiger partial charge in [0.2, 0.25) is 0 Å². The number of hydrogen-bond acceptors (Lipinski definition) is 4. The van der Waals surface area contributed by atoms with Gasteiger partial charge in [-0.3, -0.25) is 4.90 Å². The van der Waals surface area contributed by atoms with Gasteiger partial charge in [-0.1, -0.05) is 6.92 Å². The van der Waals surface area contributed by atoms with Crippen LogP contribution in [-0.4, -0.2) is 47.3 Å². The number of imidazole rings is 1. The molecule has 1 fully saturated rings. The van der Waals surface area contributed by atoms with E-state index in [-0.39, 0.29) is 6.04 Å². The second-order valence-electron chi connectivity index (χ2n) is 5.69. The zero-order chi connectivity index (χ0) is 14.4. The fraction of sp³-hybridized carbons (Fsp3) is 0.800. The first-order valence-electron chi connectivity index (χ1n) is 7.78. The molecule has 0 bridgehead atoms. The Bertz CT molecular complexity index is 387. The first-order valence-corrected chi connectivity index (χ1v) is 7.78. The Labute approximate surface area is 122 Å². The Morgan fingerprint density at radius 1 is 1.55 bits per heavy atom. The summed E-state index contributed by atoms with van der Waals surface area (Å²) in [6, 6.07) is 0.217. The summed E-state index contributed by atoms with van der Waals surface area (Å²) < 4.78 is 8.05. The van der Waals surface area contributed by atoms with E-state index in [1.807, 2.05) is 12.5 Å². The van der Waals surface area contributed by atoms with Crippen LogP contribution in [0.5, 0.6) is 0 Å². The third kappa shape index (κ3) is 3.81. The van der Waals surface area contributed by atoms with Crippen molar-refractivity contribution in [3.63, 3.8) is 0 Å². The first kappa shape index (κ1) is 15.5. The van der Waals surface area contributed by atoms with Gasteiger partial charge in [0, 0.05) is 32.4 Å². The van der Waals surface area contributed by atoms with Gasteiger partial charge in [0.1, 0.15) is 0 Å². The Kier molecular flexibility index (Phi) is 6.01. The minimum absolute atomic E-state index is 0.217. The summed E-state index contributed by atoms with van der Waals surface area (Å²) in [5.41, 5.74) is 7.23. The molecule has 2 rings (SSSR count). The molecule has 114 valence electrons. The Hall–Kier alpha value is -0.910. The molecular formula is C15H28N4O. The van der Waals surface area contributed by atoms with E-state index in [0.717, 1.165) is 32.5 Å². The smallest absolute Gasteiger partial charge is 0.0948 e. The lowest BCUT2D eigenvalue weighted by atomic mass is 10.1. The Morgan fingerprint density at radius 3 is 3.05 bits per heavy atom. The number of hydrogen-bond donors (Lipinski definition) is 1. The molecule has 2 unspecified atom stereocenters. The third-order valence-electron chi connectivity index (χ3n) is 4.07. The van der Waals surface area contributed by atoms with Crippen LogP contribution in [0, 0.1) is 0 Å². The molecule has 2 N–H and O–H groups in total. The van der Waals surface area contributed by atoms with Crippen molar-refractivity contribution in [1.29, 1.82) is 0 Å². The maximum atomic E-state index is 6.01. The van der Waals surface area contributed by atoms with E-state index in [9.17, 15) is 0 Å². The summed E-state index contributed by atoms with van der Waals surface area (Å²) in [7, 11) is 2.14. The van der Waals surface area contributed by atoms with E-state index in [1.54, 1.807) is 0 Å². The first-order chi connectivity index (χ1) is 9.76. The summed E-state index contributed by atoms with van der Waals surface area (Å²) >= 11 is 0. The summed E-state index contributed by atoms with van der Waals surface area (Å²) in [4.78, 5) is 6.61. The highest BCUT2D eigenvalue weighted by atomic mass is 16.5. The number of aromatic nitrogens is 2. The van der Waals surface area contributed by atoms with E-state index in [2.05, 4.69) is 28.4 Å². The number of ether oxygens (including phenoxy) is 1. The fourth-order valence-electron chi connectivity index (χ4n) is 2.96. The van der Waals surface area contributed by atoms with Crippen LogP contribution in [-0.2, 0) is 11.3 Å². The molecule has 5 nitrogen and oxygen atoms in total. The van der Waals surface area contributed by atoms with Gasteiger partial charge in [0.25, 0.3) is 0 Å². The highest BCUT2D eigenvalue weighted by molar-refractivity contribution is 5.06. The van der Waals surface area contributed by atoms with Crippen LogP contribution in [0.2, 0.25) is 0 Å². The van der Waals surface area contributed by atoms with Crippen LogP contribution >= 0.6 is 0 Å². The highest BCUT2D eigenvalue weighted by Gasteiger charge is 2.23. The molecule has 1 saturated heterocycles. The second kappa shape index (κ2) is 7.76. The second-order valence-corrected chi connectivity index (χ2v) is 5.69. The van der Waals surface area contributed by atoms with Crippen molar-refractivity contribution in [2.45, 2.75) is 51.3 Å². The van der Waals surface area contributed by atoms with Crippen molar-refractivity contribution in [2.75, 3.05) is 26.7 Å². The molecule has 0 amide bonds. The van der Waals surface area contributed by atoms with Gasteiger partial charge < -0.3 is 15.0 Å². The number of rotatable bonds is 7. The zero-order valence-corrected chi connectivity index (χ0v) is 12.8. The van der Waals surface area contributed by atoms with Gasteiger partial charge in [-0.15, -0.1) is 0 Å². The van der Waals surface area contributed by atoms with Crippen LogP contribution in [0.25, 0.3) is 0 Å². The normalized spacial score (nSPS) is 21.3. The number of aryl methyl sites for hydroxylation is 1. The largest absolute Gasteiger partial charge is 0.377 e. The fourth-order valence-corrected chi connectivity index (χ4v) is 2.96. The molecule has 20 heavy (non-hydrogen) atoms. The predicted molar refractivity (Wildman–Crippen MR) is 80.5 cm³/mol. The number of nitrogens with two attached hydrogens (primary N) is 1. The average Bonchev–Trinajstić information content (AvgIpc) is 2.89. The summed E-state index contributed by atoms with van der Waals surface area (Å²) in [5.74, 6) is 0. The lowest BCUT2D eigenvalue weighted by Gasteiger charge is -2.32. The summed E-state index contributed by atoms with van der Waals surface area (Å²) in [5, 5.41) is 0. The van der Waals surface area contributed by atoms with Gasteiger partial charge in [-0.05, 0) is 32.7 Å². The van der Waals surface area contributed by atoms with Crippen molar-refractivity contribution in [1.82, 2.24) is 14.5 Å². The average molecular weight is 280 g/mol. The van der Waals surface area contributed by atoms with Crippen molar-refractivity contribution in [3.8, 4) is 0 Å². The van der Waals surface area contributed by atoms with Crippen molar-refractivity contribution in [2.24, 2.45) is 5.73 Å². The van der Waals surface area contributed by atoms with Crippen LogP contribution in [0.1, 0.15) is 44.3 Å². The minimum Gasteiger partial charge on any atom is -0.377 e. The van der Waals surface area contributed by atoms with Crippen molar-refractivity contribution < 1.29 is 4.74 Å². The minimum atomic E-state index is 0.217. The standard InChI is InChI=1S/C15H28N4O/c1-3-7-19-12-17-10-15(19)14(9-16)18(2)11-13-6-4-5-8-20-13/h10,12-14H,3-9,11,16H2,1-2H3. The molecule has 1 aromatic heterocycles. The number of likely N-dealkylation sites (N-methyl/N-ethyl adjacent to an activating group) is 1. The molecule has 0 aliphatic carbocycles. The lowest BCUT2D eigenvalue weighted by molar-refractivity contribution is -0.00827. The molecule has 0 radical (unpaired) electrons. The molecule has 0 aromatic carbocycles. The maximum absolute atomic E-state index is 6.01. The molecule has 0 saturated carbocycles. The van der Waals surface area contributed by atoms with E-state index < -0.39 is 0 Å². The summed E-state index contributed by atoms with van der Waals surface area (Å²) in [6.07, 6.45) is 8.96. The molecule has 2 atom stereocenters. The van der Waals surface area contributed by atoms with Crippen LogP contribution < -0.4 is 5.73 Å². The predicted octanol–water partition coefficient (Wildman–Crippen LogP) is 1.79. The molecule has 1 aromatic rings. The monoisotopic (exact) mass is 280 g/mol. The van der Waals surface area contributed by atoms with Gasteiger partial charge in [-0.25, -0.2) is 4.98 Å². The molecule has 0 spiro atoms. The summed E-state index contributed by atoms with van der Waals surface area (Å²) in [6.45, 7) is 5.64. The van der Waals surface area contributed by atoms with E-state index in [1.165, 1.54) is 18.5 Å². The van der Waals surface area contributed by atoms with Crippen LogP contribution in [0.4, 0.5) is 0 Å². The van der Waals surface area contributed by atoms with Crippen molar-refractivity contribution in [3.05, 3.63) is 18.2 Å². The van der Waals surface area contributed by atoms with Crippen LogP contribution in [0.3, 0.4) is 0 Å². The molecule has 1 aliphatic heterocycles. The van der Waals surface area contributed by atoms with Crippen LogP contribution in [0.15, 0.2) is 12.5 Å². The number of nitrogens with zero attached hydrogens (tertiary/aromatic N) is 3. The van der Waals surface area contributed by atoms with Gasteiger partial charge in [0.05, 0.1) is 24.2 Å². The van der Waals surface area contributed by atoms with Gasteiger partial charge in [0.15, 0.2) is 0 Å². The third-order valence-corrected chi connectivity index (χ3v) is 4.07. The quantitative estimate of drug-likeness (QED) is 0.827. The lowest BCUT2D eigenvalue weighted by Crippen LogP contribution is -2.39. The van der Waals surface area contributed by atoms with Gasteiger partial charge >= 0.3 is 0 Å². The molecule has 1 aliphatic rings. The van der Waals surface area contributed by atoms with Gasteiger partial charge in [-0.2, -0.15) is 0 Å². The van der Waals surface area contributed by atoms with E-state index in [0.29, 0.717) is 12.6 Å². The molecular weight excluding hydrogens is 252 g/mol. The topological polar surface area (TPSA) is 56.3 Å². The SMILES string of the molecule is CCCn1cncc1C(CN)N(C)CC1CCCCO1. The maximum Gasteiger partial charge on any atom is 0.0948 e. The van der Waals surface area contributed by atoms with E-state index in [4.69, 9.17) is 10.5 Å². The zero-order valence-electron chi connectivity index (χ0n) is 12.8.